The molecule has 0 saturated heterocycles. The summed E-state index contributed by atoms with van der Waals surface area (Å²) in [6.45, 7) is 7.59. The van der Waals surface area contributed by atoms with E-state index in [0.29, 0.717) is 58.4 Å². The second-order valence-electron chi connectivity index (χ2n) is 14.2. The van der Waals surface area contributed by atoms with Gasteiger partial charge in [-0.3, -0.25) is 9.88 Å². The van der Waals surface area contributed by atoms with Crippen LogP contribution in [0, 0.1) is 12.8 Å². The Morgan fingerprint density at radius 3 is 2.00 bits per heavy atom. The molecule has 1 atom stereocenters. The second-order valence-corrected chi connectivity index (χ2v) is 14.2. The van der Waals surface area contributed by atoms with Crippen molar-refractivity contribution < 1.29 is 37.3 Å². The average molecular weight is 742 g/mol. The summed E-state index contributed by atoms with van der Waals surface area (Å²) in [4.78, 5) is 31.2. The topological polar surface area (TPSA) is 108 Å². The standard InChI is InChI=1S/C41H45F2N5O6/c1-25-13-14-44-20-32(25)34-15-28-16-37(48(24-29-19-41(29,42)43)39(49)54-40(2,3)4)45-21-33(28)38(46-34)47(22-26-9-11-30(50-5)17-35(26)52-7)23-27-10-12-31(51-6)18-36(27)53-8/h9-18,20-21,29H,19,22-24H2,1-8H3. The Hall–Kier alpha value is -5.72. The lowest BCUT2D eigenvalue weighted by Gasteiger charge is -2.29. The number of nitrogens with zero attached hydrogens (tertiary/aromatic N) is 5. The number of hydrogen-bond acceptors (Lipinski definition) is 10. The highest BCUT2D eigenvalue weighted by atomic mass is 19.3. The van der Waals surface area contributed by atoms with Crippen LogP contribution in [0.15, 0.2) is 73.2 Å². The SMILES string of the molecule is COc1ccc(CN(Cc2ccc(OC)cc2OC)c2nc(-c3cnccc3C)cc3cc(N(CC4CC4(F)F)C(=O)OC(C)(C)C)ncc23)c(OC)c1. The average Bonchev–Trinajstić information content (AvgIpc) is 3.77. The molecule has 5 aromatic rings. The molecule has 1 aliphatic carbocycles. The molecular weight excluding hydrogens is 696 g/mol. The van der Waals surface area contributed by atoms with Gasteiger partial charge in [0.2, 0.25) is 0 Å². The van der Waals surface area contributed by atoms with Gasteiger partial charge in [0.15, 0.2) is 0 Å². The number of aryl methyl sites for hydroxylation is 1. The zero-order valence-corrected chi connectivity index (χ0v) is 31.8. The van der Waals surface area contributed by atoms with Crippen molar-refractivity contribution in [2.45, 2.75) is 58.7 Å². The van der Waals surface area contributed by atoms with E-state index in [1.807, 2.05) is 55.5 Å². The first-order valence-electron chi connectivity index (χ1n) is 17.5. The molecule has 1 aliphatic rings. The fourth-order valence-electron chi connectivity index (χ4n) is 6.23. The van der Waals surface area contributed by atoms with Crippen LogP contribution in [-0.4, -0.2) is 67.6 Å². The van der Waals surface area contributed by atoms with Crippen LogP contribution in [-0.2, 0) is 17.8 Å². The summed E-state index contributed by atoms with van der Waals surface area (Å²) in [5, 5.41) is 1.33. The molecule has 2 aromatic carbocycles. The van der Waals surface area contributed by atoms with E-state index in [2.05, 4.69) is 9.88 Å². The normalized spacial score (nSPS) is 14.7. The minimum absolute atomic E-state index is 0.186. The Labute approximate surface area is 313 Å². The third-order valence-corrected chi connectivity index (χ3v) is 9.26. The van der Waals surface area contributed by atoms with Crippen molar-refractivity contribution in [1.82, 2.24) is 15.0 Å². The van der Waals surface area contributed by atoms with Crippen molar-refractivity contribution in [2.24, 2.45) is 5.92 Å². The van der Waals surface area contributed by atoms with Crippen LogP contribution in [0.1, 0.15) is 43.9 Å². The monoisotopic (exact) mass is 741 g/mol. The number of amides is 1. The lowest BCUT2D eigenvalue weighted by atomic mass is 10.0. The van der Waals surface area contributed by atoms with E-state index < -0.39 is 23.5 Å². The van der Waals surface area contributed by atoms with Crippen molar-refractivity contribution >= 4 is 28.5 Å². The van der Waals surface area contributed by atoms with Crippen molar-refractivity contribution in [3.05, 3.63) is 89.9 Å². The molecule has 3 aromatic heterocycles. The Morgan fingerprint density at radius 1 is 0.870 bits per heavy atom. The number of benzene rings is 2. The molecule has 284 valence electrons. The number of alkyl halides is 2. The molecule has 0 N–H and O–H groups in total. The lowest BCUT2D eigenvalue weighted by Crippen LogP contribution is -2.39. The third kappa shape index (κ3) is 8.40. The van der Waals surface area contributed by atoms with Gasteiger partial charge < -0.3 is 28.6 Å². The van der Waals surface area contributed by atoms with E-state index in [-0.39, 0.29) is 18.8 Å². The van der Waals surface area contributed by atoms with Gasteiger partial charge in [-0.15, -0.1) is 0 Å². The van der Waals surface area contributed by atoms with Gasteiger partial charge in [0.25, 0.3) is 5.92 Å². The van der Waals surface area contributed by atoms with Crippen LogP contribution < -0.4 is 28.7 Å². The number of halogens is 2. The number of ether oxygens (including phenoxy) is 5. The molecule has 54 heavy (non-hydrogen) atoms. The number of fused-ring (bicyclic) bond motifs is 1. The van der Waals surface area contributed by atoms with E-state index >= 15 is 0 Å². The van der Waals surface area contributed by atoms with Crippen LogP contribution in [0.3, 0.4) is 0 Å². The van der Waals surface area contributed by atoms with Crippen LogP contribution in [0.2, 0.25) is 0 Å². The van der Waals surface area contributed by atoms with Crippen LogP contribution >= 0.6 is 0 Å². The van der Waals surface area contributed by atoms with E-state index in [4.69, 9.17) is 33.7 Å². The summed E-state index contributed by atoms with van der Waals surface area (Å²) >= 11 is 0. The summed E-state index contributed by atoms with van der Waals surface area (Å²) in [7, 11) is 6.40. The number of aromatic nitrogens is 3. The first-order valence-corrected chi connectivity index (χ1v) is 17.5. The fraction of sp³-hybridized carbons (Fsp3) is 0.366. The summed E-state index contributed by atoms with van der Waals surface area (Å²) in [5.41, 5.74) is 3.22. The zero-order chi connectivity index (χ0) is 38.8. The summed E-state index contributed by atoms with van der Waals surface area (Å²) in [6.07, 6.45) is 4.03. The maximum atomic E-state index is 14.2. The summed E-state index contributed by atoms with van der Waals surface area (Å²) in [5.74, 6) is -0.573. The highest BCUT2D eigenvalue weighted by Gasteiger charge is 2.58. The lowest BCUT2D eigenvalue weighted by molar-refractivity contribution is 0.0565. The molecule has 6 rings (SSSR count). The number of hydrogen-bond donors (Lipinski definition) is 0. The smallest absolute Gasteiger partial charge is 0.416 e. The van der Waals surface area contributed by atoms with Gasteiger partial charge in [-0.1, -0.05) is 0 Å². The van der Waals surface area contributed by atoms with Crippen molar-refractivity contribution in [3.63, 3.8) is 0 Å². The zero-order valence-electron chi connectivity index (χ0n) is 31.8. The molecule has 1 fully saturated rings. The number of methoxy groups -OCH3 is 4. The molecular formula is C41H45F2N5O6. The summed E-state index contributed by atoms with van der Waals surface area (Å²) < 4.78 is 56.7. The highest BCUT2D eigenvalue weighted by Crippen LogP contribution is 2.49. The molecule has 0 radical (unpaired) electrons. The van der Waals surface area contributed by atoms with Gasteiger partial charge in [0.1, 0.15) is 40.2 Å². The molecule has 0 bridgehead atoms. The quantitative estimate of drug-likeness (QED) is 0.116. The van der Waals surface area contributed by atoms with Crippen LogP contribution in [0.5, 0.6) is 23.0 Å². The Kier molecular flexibility index (Phi) is 10.8. The second kappa shape index (κ2) is 15.3. The maximum absolute atomic E-state index is 14.2. The van der Waals surface area contributed by atoms with E-state index in [0.717, 1.165) is 22.3 Å². The van der Waals surface area contributed by atoms with Crippen molar-refractivity contribution in [1.29, 1.82) is 0 Å². The molecule has 1 unspecified atom stereocenters. The van der Waals surface area contributed by atoms with E-state index in [9.17, 15) is 13.6 Å². The molecule has 0 spiro atoms. The van der Waals surface area contributed by atoms with Crippen molar-refractivity contribution in [3.8, 4) is 34.3 Å². The highest BCUT2D eigenvalue weighted by molar-refractivity contribution is 5.98. The largest absolute Gasteiger partial charge is 0.497 e. The number of pyridine rings is 3. The first-order chi connectivity index (χ1) is 25.7. The predicted molar refractivity (Wildman–Crippen MR) is 203 cm³/mol. The third-order valence-electron chi connectivity index (χ3n) is 9.26. The van der Waals surface area contributed by atoms with Gasteiger partial charge in [0, 0.05) is 84.8 Å². The van der Waals surface area contributed by atoms with Gasteiger partial charge in [0.05, 0.1) is 34.1 Å². The number of anilines is 2. The number of carbonyl (C=O) groups is 1. The first kappa shape index (κ1) is 38.0. The molecule has 13 heteroatoms. The van der Waals surface area contributed by atoms with Gasteiger partial charge >= 0.3 is 6.09 Å². The molecule has 11 nitrogen and oxygen atoms in total. The van der Waals surface area contributed by atoms with Crippen LogP contribution in [0.25, 0.3) is 22.0 Å². The van der Waals surface area contributed by atoms with E-state index in [1.165, 1.54) is 4.90 Å². The molecule has 1 saturated carbocycles. The van der Waals surface area contributed by atoms with Crippen molar-refractivity contribution in [2.75, 3.05) is 44.8 Å². The number of carbonyl (C=O) groups excluding carboxylic acids is 1. The molecule has 0 aliphatic heterocycles. The summed E-state index contributed by atoms with van der Waals surface area (Å²) in [6, 6.07) is 16.8. The Morgan fingerprint density at radius 2 is 1.48 bits per heavy atom. The Bertz CT molecular complexity index is 2100. The maximum Gasteiger partial charge on any atom is 0.416 e. The number of rotatable bonds is 13. The Balaban J connectivity index is 1.55. The molecule has 1 amide bonds. The minimum Gasteiger partial charge on any atom is -0.497 e. The molecule has 3 heterocycles. The predicted octanol–water partition coefficient (Wildman–Crippen LogP) is 8.64. The van der Waals surface area contributed by atoms with Gasteiger partial charge in [-0.25, -0.2) is 23.5 Å². The van der Waals surface area contributed by atoms with Gasteiger partial charge in [-0.05, 0) is 81.1 Å². The van der Waals surface area contributed by atoms with E-state index in [1.54, 1.807) is 73.9 Å². The fourth-order valence-corrected chi connectivity index (χ4v) is 6.23. The van der Waals surface area contributed by atoms with Gasteiger partial charge in [-0.2, -0.15) is 0 Å². The minimum atomic E-state index is -2.86. The van der Waals surface area contributed by atoms with Crippen LogP contribution in [0.4, 0.5) is 25.2 Å².